The Morgan fingerprint density at radius 2 is 1.76 bits per heavy atom. The first-order valence-corrected chi connectivity index (χ1v) is 14.4. The molecule has 0 N–H and O–H groups in total. The van der Waals surface area contributed by atoms with E-state index in [1.807, 2.05) is 24.3 Å². The molecule has 0 aliphatic carbocycles. The van der Waals surface area contributed by atoms with E-state index in [1.165, 1.54) is 48.6 Å². The number of pyridine rings is 1. The van der Waals surface area contributed by atoms with E-state index in [0.29, 0.717) is 39.3 Å². The van der Waals surface area contributed by atoms with Crippen molar-refractivity contribution in [3.63, 3.8) is 0 Å². The molecule has 0 bridgehead atoms. The normalized spacial score (nSPS) is 16.7. The predicted molar refractivity (Wildman–Crippen MR) is 156 cm³/mol. The monoisotopic (exact) mass is 532 g/mol. The van der Waals surface area contributed by atoms with Gasteiger partial charge >= 0.3 is 0 Å². The lowest BCUT2D eigenvalue weighted by molar-refractivity contribution is -0.122. The summed E-state index contributed by atoms with van der Waals surface area (Å²) in [5.74, 6) is 0.503. The number of amides is 1. The summed E-state index contributed by atoms with van der Waals surface area (Å²) in [5, 5.41) is 0. The minimum absolute atomic E-state index is 0.115. The van der Waals surface area contributed by atoms with Gasteiger partial charge in [0.15, 0.2) is 0 Å². The highest BCUT2D eigenvalue weighted by Gasteiger charge is 2.32. The number of rotatable bonds is 9. The molecule has 2 aliphatic rings. The Morgan fingerprint density at radius 3 is 2.59 bits per heavy atom. The lowest BCUT2D eigenvalue weighted by atomic mass is 9.99. The number of hydrogen-bond donors (Lipinski definition) is 0. The SMILES string of the molecule is CCCCCCCCN1C(=O)/C(=C\c2c(N3CCc4ccccc4C3)nc3ccccn3c2=O)SC1=S. The van der Waals surface area contributed by atoms with Crippen LogP contribution in [0.25, 0.3) is 11.7 Å². The number of aromatic nitrogens is 2. The van der Waals surface area contributed by atoms with E-state index < -0.39 is 0 Å². The van der Waals surface area contributed by atoms with Crippen LogP contribution in [0.1, 0.15) is 62.1 Å². The average Bonchev–Trinajstić information content (AvgIpc) is 3.19. The van der Waals surface area contributed by atoms with Gasteiger partial charge in [-0.3, -0.25) is 18.9 Å². The summed E-state index contributed by atoms with van der Waals surface area (Å²) < 4.78 is 2.11. The molecular weight excluding hydrogens is 500 g/mol. The number of carbonyl (C=O) groups excluding carboxylic acids is 1. The number of hydrogen-bond acceptors (Lipinski definition) is 6. The van der Waals surface area contributed by atoms with Crippen LogP contribution in [-0.2, 0) is 17.8 Å². The van der Waals surface area contributed by atoms with E-state index in [4.69, 9.17) is 17.2 Å². The van der Waals surface area contributed by atoms with Crippen LogP contribution in [-0.4, -0.2) is 37.6 Å². The number of anilines is 1. The van der Waals surface area contributed by atoms with Crippen LogP contribution in [0.5, 0.6) is 0 Å². The number of thiocarbonyl (C=S) groups is 1. The van der Waals surface area contributed by atoms with Crippen molar-refractivity contribution in [2.45, 2.75) is 58.4 Å². The molecule has 1 fully saturated rings. The predicted octanol–water partition coefficient (Wildman–Crippen LogP) is 5.82. The van der Waals surface area contributed by atoms with Gasteiger partial charge in [0.05, 0.1) is 10.5 Å². The standard InChI is InChI=1S/C29H32N4O2S2/c1-2-3-4-5-6-10-17-33-28(35)24(37-29(33)36)19-23-26(30-25-14-9-11-16-32(25)27(23)34)31-18-15-21-12-7-8-13-22(21)20-31/h7-9,11-14,16,19H,2-6,10,15,17-18,20H2,1H3/b24-19+. The largest absolute Gasteiger partial charge is 0.351 e. The Hall–Kier alpha value is -2.97. The molecule has 0 unspecified atom stereocenters. The summed E-state index contributed by atoms with van der Waals surface area (Å²) in [6.07, 6.45) is 11.2. The molecule has 0 radical (unpaired) electrons. The topological polar surface area (TPSA) is 57.9 Å². The molecule has 37 heavy (non-hydrogen) atoms. The maximum Gasteiger partial charge on any atom is 0.267 e. The number of carbonyl (C=O) groups is 1. The fourth-order valence-corrected chi connectivity index (χ4v) is 6.30. The van der Waals surface area contributed by atoms with Crippen LogP contribution in [0.15, 0.2) is 58.4 Å². The van der Waals surface area contributed by atoms with E-state index in [2.05, 4.69) is 30.0 Å². The van der Waals surface area contributed by atoms with Crippen LogP contribution >= 0.6 is 24.0 Å². The van der Waals surface area contributed by atoms with E-state index in [0.717, 1.165) is 25.8 Å². The fraction of sp³-hybridized carbons (Fsp3) is 0.379. The van der Waals surface area contributed by atoms with Crippen LogP contribution in [0.2, 0.25) is 0 Å². The summed E-state index contributed by atoms with van der Waals surface area (Å²) in [5.41, 5.74) is 3.41. The van der Waals surface area contributed by atoms with E-state index in [9.17, 15) is 9.59 Å². The van der Waals surface area contributed by atoms with Crippen molar-refractivity contribution in [3.05, 3.63) is 80.6 Å². The van der Waals surface area contributed by atoms with E-state index >= 15 is 0 Å². The van der Waals surface area contributed by atoms with Gasteiger partial charge in [0, 0.05) is 25.8 Å². The van der Waals surface area contributed by atoms with Crippen molar-refractivity contribution in [2.75, 3.05) is 18.0 Å². The van der Waals surface area contributed by atoms with Gasteiger partial charge in [0.2, 0.25) is 0 Å². The first-order chi connectivity index (χ1) is 18.1. The molecule has 1 aromatic carbocycles. The number of unbranched alkanes of at least 4 members (excludes halogenated alkanes) is 5. The quantitative estimate of drug-likeness (QED) is 0.197. The highest BCUT2D eigenvalue weighted by molar-refractivity contribution is 8.26. The minimum atomic E-state index is -0.180. The van der Waals surface area contributed by atoms with Crippen LogP contribution in [0.4, 0.5) is 5.82 Å². The first kappa shape index (κ1) is 25.7. The van der Waals surface area contributed by atoms with Crippen molar-refractivity contribution >= 4 is 51.7 Å². The summed E-state index contributed by atoms with van der Waals surface area (Å²) >= 11 is 6.84. The summed E-state index contributed by atoms with van der Waals surface area (Å²) in [6, 6.07) is 13.9. The van der Waals surface area contributed by atoms with Crippen LogP contribution in [0, 0.1) is 0 Å². The fourth-order valence-electron chi connectivity index (χ4n) is 5.01. The zero-order valence-corrected chi connectivity index (χ0v) is 22.8. The molecule has 1 amide bonds. The van der Waals surface area contributed by atoms with Crippen molar-refractivity contribution in [1.29, 1.82) is 0 Å². The van der Waals surface area contributed by atoms with E-state index in [-0.39, 0.29) is 11.5 Å². The third-order valence-electron chi connectivity index (χ3n) is 7.06. The highest BCUT2D eigenvalue weighted by Crippen LogP contribution is 2.34. The van der Waals surface area contributed by atoms with Crippen LogP contribution < -0.4 is 10.5 Å². The number of nitrogens with zero attached hydrogens (tertiary/aromatic N) is 4. The summed E-state index contributed by atoms with van der Waals surface area (Å²) in [6.45, 7) is 4.26. The van der Waals surface area contributed by atoms with Gasteiger partial charge in [-0.15, -0.1) is 0 Å². The zero-order chi connectivity index (χ0) is 25.8. The van der Waals surface area contributed by atoms with Crippen molar-refractivity contribution in [1.82, 2.24) is 14.3 Å². The summed E-state index contributed by atoms with van der Waals surface area (Å²) in [4.78, 5) is 36.2. The Morgan fingerprint density at radius 1 is 1.00 bits per heavy atom. The Balaban J connectivity index is 1.45. The molecule has 0 saturated carbocycles. The molecule has 5 rings (SSSR count). The molecule has 8 heteroatoms. The van der Waals surface area contributed by atoms with Crippen molar-refractivity contribution < 1.29 is 4.79 Å². The first-order valence-electron chi connectivity index (χ1n) is 13.2. The molecule has 1 saturated heterocycles. The minimum Gasteiger partial charge on any atom is -0.351 e. The number of fused-ring (bicyclic) bond motifs is 2. The van der Waals surface area contributed by atoms with Crippen LogP contribution in [0.3, 0.4) is 0 Å². The van der Waals surface area contributed by atoms with Gasteiger partial charge in [0.25, 0.3) is 11.5 Å². The molecule has 4 heterocycles. The van der Waals surface area contributed by atoms with E-state index in [1.54, 1.807) is 21.6 Å². The lowest BCUT2D eigenvalue weighted by Crippen LogP contribution is -2.34. The molecule has 2 aromatic heterocycles. The Labute approximate surface area is 227 Å². The highest BCUT2D eigenvalue weighted by atomic mass is 32.2. The Bertz CT molecular complexity index is 1410. The molecule has 0 spiro atoms. The number of benzene rings is 1. The molecule has 0 atom stereocenters. The molecule has 3 aromatic rings. The zero-order valence-electron chi connectivity index (χ0n) is 21.2. The second-order valence-corrected chi connectivity index (χ2v) is 11.3. The molecule has 192 valence electrons. The van der Waals surface area contributed by atoms with Gasteiger partial charge in [0.1, 0.15) is 15.8 Å². The maximum atomic E-state index is 13.7. The lowest BCUT2D eigenvalue weighted by Gasteiger charge is -2.30. The van der Waals surface area contributed by atoms with Gasteiger partial charge in [-0.2, -0.15) is 0 Å². The van der Waals surface area contributed by atoms with Gasteiger partial charge in [-0.05, 0) is 42.2 Å². The van der Waals surface area contributed by atoms with Gasteiger partial charge in [-0.25, -0.2) is 4.98 Å². The maximum absolute atomic E-state index is 13.7. The second-order valence-electron chi connectivity index (χ2n) is 9.62. The van der Waals surface area contributed by atoms with Crippen molar-refractivity contribution in [2.24, 2.45) is 0 Å². The third-order valence-corrected chi connectivity index (χ3v) is 8.44. The van der Waals surface area contributed by atoms with Crippen molar-refractivity contribution in [3.8, 4) is 0 Å². The number of thioether (sulfide) groups is 1. The Kier molecular flexibility index (Phi) is 8.05. The second kappa shape index (κ2) is 11.6. The van der Waals surface area contributed by atoms with Gasteiger partial charge < -0.3 is 4.90 Å². The average molecular weight is 533 g/mol. The molecule has 6 nitrogen and oxygen atoms in total. The third kappa shape index (κ3) is 5.50. The summed E-state index contributed by atoms with van der Waals surface area (Å²) in [7, 11) is 0. The van der Waals surface area contributed by atoms with Gasteiger partial charge in [-0.1, -0.05) is 93.3 Å². The molecule has 2 aliphatic heterocycles. The molecular formula is C29H32N4O2S2. The smallest absolute Gasteiger partial charge is 0.267 e.